The summed E-state index contributed by atoms with van der Waals surface area (Å²) in [6, 6.07) is 4.79. The molecule has 2 rings (SSSR count). The number of aliphatic carboxylic acids is 1. The summed E-state index contributed by atoms with van der Waals surface area (Å²) in [6.45, 7) is 3.01. The molecule has 5 nitrogen and oxygen atoms in total. The standard InChI is InChI=1S/C14H16Cl2N2O3/c15-11-7-10(8-12(16)9-11)14(21)18-5-3-17(4-6-18)2-1-13(19)20/h7-9H,1-6H2,(H,19,20). The Bertz CT molecular complexity index is 523. The molecule has 1 amide bonds. The van der Waals surface area contributed by atoms with Crippen LogP contribution in [0.4, 0.5) is 0 Å². The zero-order valence-electron chi connectivity index (χ0n) is 11.4. The van der Waals surface area contributed by atoms with Gasteiger partial charge in [0.2, 0.25) is 0 Å². The van der Waals surface area contributed by atoms with Gasteiger partial charge in [0.05, 0.1) is 6.42 Å². The first kappa shape index (κ1) is 16.1. The van der Waals surface area contributed by atoms with Crippen molar-refractivity contribution in [3.8, 4) is 0 Å². The van der Waals surface area contributed by atoms with Crippen molar-refractivity contribution in [1.29, 1.82) is 0 Å². The lowest BCUT2D eigenvalue weighted by molar-refractivity contribution is -0.137. The predicted molar refractivity (Wildman–Crippen MR) is 81.1 cm³/mol. The number of carbonyl (C=O) groups is 2. The highest BCUT2D eigenvalue weighted by Crippen LogP contribution is 2.20. The van der Waals surface area contributed by atoms with Gasteiger partial charge in [-0.2, -0.15) is 0 Å². The summed E-state index contributed by atoms with van der Waals surface area (Å²) >= 11 is 11.8. The summed E-state index contributed by atoms with van der Waals surface area (Å²) in [4.78, 5) is 26.7. The van der Waals surface area contributed by atoms with Gasteiger partial charge in [0.15, 0.2) is 0 Å². The van der Waals surface area contributed by atoms with Crippen LogP contribution in [0.2, 0.25) is 10.0 Å². The fourth-order valence-electron chi connectivity index (χ4n) is 2.29. The summed E-state index contributed by atoms with van der Waals surface area (Å²) in [5, 5.41) is 9.54. The van der Waals surface area contributed by atoms with Gasteiger partial charge in [0.1, 0.15) is 0 Å². The van der Waals surface area contributed by atoms with Gasteiger partial charge >= 0.3 is 5.97 Å². The summed E-state index contributed by atoms with van der Waals surface area (Å²) < 4.78 is 0. The first-order valence-corrected chi connectivity index (χ1v) is 7.41. The Hall–Kier alpha value is -1.30. The monoisotopic (exact) mass is 330 g/mol. The lowest BCUT2D eigenvalue weighted by atomic mass is 10.2. The number of hydrogen-bond donors (Lipinski definition) is 1. The summed E-state index contributed by atoms with van der Waals surface area (Å²) in [5.41, 5.74) is 0.478. The number of carboxylic acids is 1. The van der Waals surface area contributed by atoms with Crippen LogP contribution in [0.5, 0.6) is 0 Å². The van der Waals surface area contributed by atoms with E-state index in [4.69, 9.17) is 28.3 Å². The van der Waals surface area contributed by atoms with Gasteiger partial charge in [-0.3, -0.25) is 14.5 Å². The fourth-order valence-corrected chi connectivity index (χ4v) is 2.81. The third-order valence-electron chi connectivity index (χ3n) is 3.41. The van der Waals surface area contributed by atoms with Crippen molar-refractivity contribution in [3.63, 3.8) is 0 Å². The van der Waals surface area contributed by atoms with E-state index < -0.39 is 5.97 Å². The smallest absolute Gasteiger partial charge is 0.304 e. The number of amides is 1. The van der Waals surface area contributed by atoms with Crippen LogP contribution in [-0.4, -0.2) is 59.5 Å². The van der Waals surface area contributed by atoms with Crippen LogP contribution in [0.3, 0.4) is 0 Å². The number of carboxylic acid groups (broad SMARTS) is 1. The van der Waals surface area contributed by atoms with E-state index in [-0.39, 0.29) is 12.3 Å². The molecule has 1 fully saturated rings. The molecule has 0 radical (unpaired) electrons. The number of nitrogens with zero attached hydrogens (tertiary/aromatic N) is 2. The van der Waals surface area contributed by atoms with Crippen LogP contribution in [0.25, 0.3) is 0 Å². The molecule has 1 aliphatic rings. The predicted octanol–water partition coefficient (Wildman–Crippen LogP) is 2.23. The van der Waals surface area contributed by atoms with Crippen LogP contribution in [0.1, 0.15) is 16.8 Å². The minimum absolute atomic E-state index is 0.0997. The number of hydrogen-bond acceptors (Lipinski definition) is 3. The van der Waals surface area contributed by atoms with E-state index in [0.29, 0.717) is 48.3 Å². The second-order valence-corrected chi connectivity index (χ2v) is 5.81. The molecular formula is C14H16Cl2N2O3. The van der Waals surface area contributed by atoms with Crippen molar-refractivity contribution >= 4 is 35.1 Å². The molecule has 1 aromatic rings. The molecule has 7 heteroatoms. The number of carbonyl (C=O) groups excluding carboxylic acids is 1. The van der Waals surface area contributed by atoms with Gasteiger partial charge in [0, 0.05) is 48.3 Å². The molecule has 0 spiro atoms. The maximum absolute atomic E-state index is 12.4. The van der Waals surface area contributed by atoms with E-state index in [2.05, 4.69) is 0 Å². The number of benzene rings is 1. The average Bonchev–Trinajstić information content (AvgIpc) is 2.44. The van der Waals surface area contributed by atoms with Gasteiger partial charge < -0.3 is 10.0 Å². The minimum Gasteiger partial charge on any atom is -0.481 e. The van der Waals surface area contributed by atoms with Crippen LogP contribution < -0.4 is 0 Å². The number of piperazine rings is 1. The van der Waals surface area contributed by atoms with Gasteiger partial charge in [0.25, 0.3) is 5.91 Å². The Balaban J connectivity index is 1.92. The lowest BCUT2D eigenvalue weighted by Crippen LogP contribution is -2.49. The van der Waals surface area contributed by atoms with Gasteiger partial charge in [-0.15, -0.1) is 0 Å². The first-order valence-electron chi connectivity index (χ1n) is 6.65. The highest BCUT2D eigenvalue weighted by molar-refractivity contribution is 6.35. The molecule has 114 valence electrons. The van der Waals surface area contributed by atoms with Crippen molar-refractivity contribution in [3.05, 3.63) is 33.8 Å². The lowest BCUT2D eigenvalue weighted by Gasteiger charge is -2.34. The van der Waals surface area contributed by atoms with Crippen LogP contribution >= 0.6 is 23.2 Å². The van der Waals surface area contributed by atoms with E-state index in [1.165, 1.54) is 0 Å². The zero-order chi connectivity index (χ0) is 15.4. The van der Waals surface area contributed by atoms with E-state index >= 15 is 0 Å². The topological polar surface area (TPSA) is 60.9 Å². The maximum Gasteiger partial charge on any atom is 0.304 e. The first-order chi connectivity index (χ1) is 9.95. The molecule has 1 saturated heterocycles. The number of halogens is 2. The van der Waals surface area contributed by atoms with E-state index in [1.807, 2.05) is 4.90 Å². The van der Waals surface area contributed by atoms with Gasteiger partial charge in [-0.05, 0) is 18.2 Å². The zero-order valence-corrected chi connectivity index (χ0v) is 12.9. The van der Waals surface area contributed by atoms with Crippen LogP contribution in [0, 0.1) is 0 Å². The number of rotatable bonds is 4. The Morgan fingerprint density at radius 2 is 1.62 bits per heavy atom. The molecule has 0 aromatic heterocycles. The molecule has 0 unspecified atom stereocenters. The molecule has 1 N–H and O–H groups in total. The Labute approximate surface area is 133 Å². The molecule has 1 heterocycles. The molecule has 1 aliphatic heterocycles. The van der Waals surface area contributed by atoms with Crippen molar-refractivity contribution in [1.82, 2.24) is 9.80 Å². The third kappa shape index (κ3) is 4.59. The van der Waals surface area contributed by atoms with Gasteiger partial charge in [-0.25, -0.2) is 0 Å². The third-order valence-corrected chi connectivity index (χ3v) is 3.85. The normalized spacial score (nSPS) is 16.0. The minimum atomic E-state index is -0.804. The van der Waals surface area contributed by atoms with E-state index in [1.54, 1.807) is 23.1 Å². The van der Waals surface area contributed by atoms with E-state index in [9.17, 15) is 9.59 Å². The van der Waals surface area contributed by atoms with Crippen molar-refractivity contribution in [2.75, 3.05) is 32.7 Å². The molecular weight excluding hydrogens is 315 g/mol. The molecule has 0 aliphatic carbocycles. The second kappa shape index (κ2) is 7.11. The summed E-state index contributed by atoms with van der Waals surface area (Å²) in [6.07, 6.45) is 0.123. The highest BCUT2D eigenvalue weighted by atomic mass is 35.5. The van der Waals surface area contributed by atoms with E-state index in [0.717, 1.165) is 0 Å². The van der Waals surface area contributed by atoms with Crippen molar-refractivity contribution in [2.45, 2.75) is 6.42 Å². The van der Waals surface area contributed by atoms with Crippen molar-refractivity contribution in [2.24, 2.45) is 0 Å². The maximum atomic E-state index is 12.4. The quantitative estimate of drug-likeness (QED) is 0.919. The Kier molecular flexibility index (Phi) is 5.45. The average molecular weight is 331 g/mol. The molecule has 21 heavy (non-hydrogen) atoms. The Morgan fingerprint density at radius 3 is 2.14 bits per heavy atom. The fraction of sp³-hybridized carbons (Fsp3) is 0.429. The second-order valence-electron chi connectivity index (χ2n) is 4.94. The SMILES string of the molecule is O=C(O)CCN1CCN(C(=O)c2cc(Cl)cc(Cl)c2)CC1. The van der Waals surface area contributed by atoms with Crippen molar-refractivity contribution < 1.29 is 14.7 Å². The molecule has 1 aromatic carbocycles. The molecule has 0 atom stereocenters. The van der Waals surface area contributed by atoms with Crippen LogP contribution in [0.15, 0.2) is 18.2 Å². The summed E-state index contributed by atoms with van der Waals surface area (Å²) in [5.74, 6) is -0.903. The highest BCUT2D eigenvalue weighted by Gasteiger charge is 2.22. The largest absolute Gasteiger partial charge is 0.481 e. The molecule has 0 bridgehead atoms. The van der Waals surface area contributed by atoms with Crippen LogP contribution in [-0.2, 0) is 4.79 Å². The Morgan fingerprint density at radius 1 is 1.05 bits per heavy atom. The summed E-state index contributed by atoms with van der Waals surface area (Å²) in [7, 11) is 0. The van der Waals surface area contributed by atoms with Gasteiger partial charge in [-0.1, -0.05) is 23.2 Å². The molecule has 0 saturated carbocycles.